The fourth-order valence-electron chi connectivity index (χ4n) is 1.26. The molecule has 0 atom stereocenters. The van der Waals surface area contributed by atoms with Crippen LogP contribution in [0.15, 0.2) is 23.1 Å². The third-order valence-electron chi connectivity index (χ3n) is 2.35. The molecule has 1 aromatic rings. The van der Waals surface area contributed by atoms with Gasteiger partial charge >= 0.3 is 5.69 Å². The van der Waals surface area contributed by atoms with Gasteiger partial charge in [-0.25, -0.2) is 13.1 Å². The van der Waals surface area contributed by atoms with Crippen LogP contribution in [0.25, 0.3) is 0 Å². The lowest BCUT2D eigenvalue weighted by atomic mass is 10.1. The third kappa shape index (κ3) is 3.69. The summed E-state index contributed by atoms with van der Waals surface area (Å²) in [5.41, 5.74) is 3.59. The van der Waals surface area contributed by atoms with Crippen LogP contribution in [0.2, 0.25) is 0 Å². The van der Waals surface area contributed by atoms with Gasteiger partial charge in [0.05, 0.1) is 9.82 Å². The van der Waals surface area contributed by atoms with Crippen LogP contribution < -0.4 is 10.5 Å². The summed E-state index contributed by atoms with van der Waals surface area (Å²) in [5, 5.41) is 10.6. The van der Waals surface area contributed by atoms with Gasteiger partial charge in [0.1, 0.15) is 0 Å². The van der Waals surface area contributed by atoms with Crippen molar-refractivity contribution in [2.45, 2.75) is 24.3 Å². The summed E-state index contributed by atoms with van der Waals surface area (Å²) < 4.78 is 39.4. The minimum atomic E-state index is -4.00. The molecule has 0 fully saturated rings. The van der Waals surface area contributed by atoms with Crippen molar-refractivity contribution < 1.29 is 17.7 Å². The molecule has 3 N–H and O–H groups in total. The van der Waals surface area contributed by atoms with Crippen LogP contribution in [0, 0.1) is 15.9 Å². The first-order valence-corrected chi connectivity index (χ1v) is 6.75. The van der Waals surface area contributed by atoms with Gasteiger partial charge in [-0.05, 0) is 26.0 Å². The van der Waals surface area contributed by atoms with Gasteiger partial charge < -0.3 is 5.73 Å². The molecule has 0 aliphatic carbocycles. The van der Waals surface area contributed by atoms with E-state index in [2.05, 4.69) is 4.72 Å². The number of nitro benzene ring substituents is 1. The van der Waals surface area contributed by atoms with Crippen LogP contribution in [0.4, 0.5) is 10.1 Å². The smallest absolute Gasteiger partial charge is 0.306 e. The number of hydrogen-bond acceptors (Lipinski definition) is 5. The first kappa shape index (κ1) is 15.5. The molecule has 0 amide bonds. The van der Waals surface area contributed by atoms with Gasteiger partial charge in [-0.1, -0.05) is 0 Å². The van der Waals surface area contributed by atoms with Gasteiger partial charge in [-0.15, -0.1) is 0 Å². The van der Waals surface area contributed by atoms with Crippen LogP contribution in [0.5, 0.6) is 0 Å². The van der Waals surface area contributed by atoms with Crippen molar-refractivity contribution in [2.24, 2.45) is 5.73 Å². The number of nitrogens with one attached hydrogen (secondary N) is 1. The number of hydrogen-bond donors (Lipinski definition) is 2. The molecule has 1 aromatic carbocycles. The number of nitro groups is 1. The Balaban J connectivity index is 3.23. The molecule has 0 bridgehead atoms. The van der Waals surface area contributed by atoms with Crippen LogP contribution in [-0.4, -0.2) is 25.4 Å². The quantitative estimate of drug-likeness (QED) is 0.613. The lowest BCUT2D eigenvalue weighted by Gasteiger charge is -2.23. The number of sulfonamides is 1. The molecular formula is C10H14FN3O4S. The zero-order valence-corrected chi connectivity index (χ0v) is 11.2. The Bertz CT molecular complexity index is 601. The molecule has 0 saturated heterocycles. The highest BCUT2D eigenvalue weighted by molar-refractivity contribution is 7.89. The van der Waals surface area contributed by atoms with E-state index >= 15 is 0 Å². The Kier molecular flexibility index (Phi) is 4.23. The molecule has 0 unspecified atom stereocenters. The Hall–Kier alpha value is -1.58. The van der Waals surface area contributed by atoms with E-state index in [9.17, 15) is 22.9 Å². The van der Waals surface area contributed by atoms with Gasteiger partial charge in [0.25, 0.3) is 0 Å². The third-order valence-corrected chi connectivity index (χ3v) is 4.04. The molecule has 0 aromatic heterocycles. The van der Waals surface area contributed by atoms with E-state index in [0.29, 0.717) is 6.07 Å². The minimum absolute atomic E-state index is 0.0372. The molecule has 0 aliphatic heterocycles. The van der Waals surface area contributed by atoms with E-state index < -0.39 is 32.0 Å². The molecule has 0 saturated carbocycles. The van der Waals surface area contributed by atoms with Crippen LogP contribution >= 0.6 is 0 Å². The van der Waals surface area contributed by atoms with Crippen molar-refractivity contribution in [2.75, 3.05) is 6.54 Å². The number of halogens is 1. The summed E-state index contributed by atoms with van der Waals surface area (Å²) in [6, 6.07) is 2.36. The lowest BCUT2D eigenvalue weighted by molar-refractivity contribution is -0.387. The monoisotopic (exact) mass is 291 g/mol. The Labute approximate surface area is 109 Å². The standard InChI is InChI=1S/C10H14FN3O4S/c1-10(2,6-12)13-19(17,18)7-3-4-8(11)9(5-7)14(15)16/h3-5,13H,6,12H2,1-2H3. The average Bonchev–Trinajstić information content (AvgIpc) is 2.27. The molecule has 1 rings (SSSR count). The van der Waals surface area contributed by atoms with Crippen molar-refractivity contribution in [3.63, 3.8) is 0 Å². The molecular weight excluding hydrogens is 277 g/mol. The highest BCUT2D eigenvalue weighted by Gasteiger charge is 2.27. The van der Waals surface area contributed by atoms with E-state index in [1.807, 2.05) is 0 Å². The van der Waals surface area contributed by atoms with E-state index in [1.165, 1.54) is 0 Å². The first-order valence-electron chi connectivity index (χ1n) is 5.27. The highest BCUT2D eigenvalue weighted by Crippen LogP contribution is 2.22. The number of nitrogens with zero attached hydrogens (tertiary/aromatic N) is 1. The lowest BCUT2D eigenvalue weighted by Crippen LogP contribution is -2.48. The molecule has 106 valence electrons. The van der Waals surface area contributed by atoms with Gasteiger partial charge in [0.2, 0.25) is 15.8 Å². The average molecular weight is 291 g/mol. The molecule has 9 heteroatoms. The summed E-state index contributed by atoms with van der Waals surface area (Å²) in [6.45, 7) is 3.15. The summed E-state index contributed by atoms with van der Waals surface area (Å²) in [7, 11) is -4.00. The zero-order chi connectivity index (χ0) is 14.8. The molecule has 19 heavy (non-hydrogen) atoms. The van der Waals surface area contributed by atoms with Crippen molar-refractivity contribution in [3.8, 4) is 0 Å². The van der Waals surface area contributed by atoms with Crippen molar-refractivity contribution in [3.05, 3.63) is 34.1 Å². The van der Waals surface area contributed by atoms with E-state index in [0.717, 1.165) is 12.1 Å². The van der Waals surface area contributed by atoms with Gasteiger partial charge in [-0.2, -0.15) is 4.39 Å². The summed E-state index contributed by atoms with van der Waals surface area (Å²) in [4.78, 5) is 9.20. The van der Waals surface area contributed by atoms with E-state index in [1.54, 1.807) is 13.8 Å². The Morgan fingerprint density at radius 2 is 2.05 bits per heavy atom. The summed E-state index contributed by atoms with van der Waals surface area (Å²) in [6.07, 6.45) is 0. The molecule has 0 spiro atoms. The van der Waals surface area contributed by atoms with Crippen molar-refractivity contribution in [1.29, 1.82) is 0 Å². The number of benzene rings is 1. The Morgan fingerprint density at radius 1 is 1.47 bits per heavy atom. The molecule has 0 aliphatic rings. The summed E-state index contributed by atoms with van der Waals surface area (Å²) in [5.74, 6) is -1.10. The second-order valence-electron chi connectivity index (χ2n) is 4.56. The van der Waals surface area contributed by atoms with E-state index in [-0.39, 0.29) is 11.4 Å². The molecule has 0 heterocycles. The van der Waals surface area contributed by atoms with E-state index in [4.69, 9.17) is 5.73 Å². The maximum atomic E-state index is 13.1. The largest absolute Gasteiger partial charge is 0.329 e. The van der Waals surface area contributed by atoms with Crippen molar-refractivity contribution >= 4 is 15.7 Å². The Morgan fingerprint density at radius 3 is 2.53 bits per heavy atom. The topological polar surface area (TPSA) is 115 Å². The van der Waals surface area contributed by atoms with Crippen LogP contribution in [0.1, 0.15) is 13.8 Å². The zero-order valence-electron chi connectivity index (χ0n) is 10.4. The predicted molar refractivity (Wildman–Crippen MR) is 66.5 cm³/mol. The maximum Gasteiger partial charge on any atom is 0.306 e. The summed E-state index contributed by atoms with van der Waals surface area (Å²) >= 11 is 0. The number of nitrogens with two attached hydrogens (primary N) is 1. The van der Waals surface area contributed by atoms with Crippen LogP contribution in [-0.2, 0) is 10.0 Å². The second kappa shape index (κ2) is 5.19. The number of rotatable bonds is 5. The first-order chi connectivity index (χ1) is 8.59. The highest BCUT2D eigenvalue weighted by atomic mass is 32.2. The normalized spacial score (nSPS) is 12.4. The SMILES string of the molecule is CC(C)(CN)NS(=O)(=O)c1ccc(F)c([N+](=O)[O-])c1. The van der Waals surface area contributed by atoms with Crippen molar-refractivity contribution in [1.82, 2.24) is 4.72 Å². The van der Waals surface area contributed by atoms with Gasteiger partial charge in [0, 0.05) is 18.2 Å². The van der Waals surface area contributed by atoms with Gasteiger partial charge in [0.15, 0.2) is 0 Å². The fraction of sp³-hybridized carbons (Fsp3) is 0.400. The molecule has 7 nitrogen and oxygen atoms in total. The second-order valence-corrected chi connectivity index (χ2v) is 6.25. The maximum absolute atomic E-state index is 13.1. The fourth-order valence-corrected chi connectivity index (χ4v) is 2.71. The predicted octanol–water partition coefficient (Wildman–Crippen LogP) is 0.750. The molecule has 0 radical (unpaired) electrons. The minimum Gasteiger partial charge on any atom is -0.329 e. The van der Waals surface area contributed by atoms with Gasteiger partial charge in [-0.3, -0.25) is 10.1 Å². The van der Waals surface area contributed by atoms with Crippen LogP contribution in [0.3, 0.4) is 0 Å².